The summed E-state index contributed by atoms with van der Waals surface area (Å²) in [4.78, 5) is 12.6. The number of benzene rings is 3. The van der Waals surface area contributed by atoms with Gasteiger partial charge in [0, 0.05) is 0 Å². The van der Waals surface area contributed by atoms with E-state index < -0.39 is 26.7 Å². The first-order valence-electron chi connectivity index (χ1n) is 9.77. The van der Waals surface area contributed by atoms with Gasteiger partial charge in [0.15, 0.2) is 9.84 Å². The van der Waals surface area contributed by atoms with E-state index in [1.165, 1.54) is 0 Å². The molecular weight excluding hydrogens is 396 g/mol. The Hall–Kier alpha value is -2.92. The predicted molar refractivity (Wildman–Crippen MR) is 118 cm³/mol. The van der Waals surface area contributed by atoms with Gasteiger partial charge in [0.2, 0.25) is 0 Å². The van der Waals surface area contributed by atoms with Gasteiger partial charge < -0.3 is 4.74 Å². The number of carbonyl (C=O) groups is 1. The Bertz CT molecular complexity index is 1110. The Balaban J connectivity index is 2.04. The third kappa shape index (κ3) is 4.97. The molecule has 3 rings (SSSR count). The van der Waals surface area contributed by atoms with Crippen molar-refractivity contribution in [2.45, 2.75) is 43.4 Å². The zero-order chi connectivity index (χ0) is 21.9. The van der Waals surface area contributed by atoms with Crippen LogP contribution in [-0.4, -0.2) is 20.0 Å². The molecule has 0 aliphatic carbocycles. The molecule has 1 unspecified atom stereocenters. The molecule has 4 nitrogen and oxygen atoms in total. The Morgan fingerprint density at radius 2 is 1.33 bits per heavy atom. The number of hydrogen-bond donors (Lipinski definition) is 0. The second-order valence-electron chi connectivity index (χ2n) is 8.27. The van der Waals surface area contributed by atoms with Crippen LogP contribution < -0.4 is 0 Å². The number of rotatable bonds is 5. The molecule has 0 saturated carbocycles. The van der Waals surface area contributed by atoms with Crippen LogP contribution in [0.5, 0.6) is 0 Å². The van der Waals surface area contributed by atoms with Gasteiger partial charge in [-0.15, -0.1) is 0 Å². The summed E-state index contributed by atoms with van der Waals surface area (Å²) in [5.41, 5.74) is 2.04. The van der Waals surface area contributed by atoms with Gasteiger partial charge in [-0.3, -0.25) is 0 Å². The van der Waals surface area contributed by atoms with Crippen LogP contribution in [0.2, 0.25) is 0 Å². The summed E-state index contributed by atoms with van der Waals surface area (Å²) in [6, 6.07) is 22.6. The molecule has 0 bridgehead atoms. The highest BCUT2D eigenvalue weighted by molar-refractivity contribution is 7.91. The predicted octanol–water partition coefficient (Wildman–Crippen LogP) is 5.51. The van der Waals surface area contributed by atoms with E-state index in [1.807, 2.05) is 25.1 Å². The Morgan fingerprint density at radius 3 is 1.87 bits per heavy atom. The molecule has 5 heteroatoms. The summed E-state index contributed by atoms with van der Waals surface area (Å²) < 4.78 is 32.5. The number of ether oxygens (including phenoxy) is 1. The van der Waals surface area contributed by atoms with E-state index >= 15 is 0 Å². The molecule has 0 aliphatic heterocycles. The molecule has 3 aromatic carbocycles. The first-order valence-corrected chi connectivity index (χ1v) is 11.3. The van der Waals surface area contributed by atoms with Gasteiger partial charge in [-0.1, -0.05) is 60.2 Å². The molecule has 0 aromatic heterocycles. The van der Waals surface area contributed by atoms with Gasteiger partial charge in [-0.05, 0) is 63.1 Å². The Morgan fingerprint density at radius 1 is 0.800 bits per heavy atom. The first kappa shape index (κ1) is 21.8. The minimum atomic E-state index is -3.70. The molecule has 0 aliphatic rings. The monoisotopic (exact) mass is 422 g/mol. The topological polar surface area (TPSA) is 60.4 Å². The van der Waals surface area contributed by atoms with Gasteiger partial charge in [0.25, 0.3) is 0 Å². The minimum Gasteiger partial charge on any atom is -0.456 e. The number of sulfone groups is 1. The standard InChI is InChI=1S/C25H26O4S/c1-18-10-16-22(17-11-18)30(27,28)23(19-8-6-5-7-9-19)20-12-14-21(15-13-20)24(26)29-25(2,3)4/h5-17,23H,1-4H3. The lowest BCUT2D eigenvalue weighted by molar-refractivity contribution is 0.00695. The van der Waals surface area contributed by atoms with Gasteiger partial charge in [-0.25, -0.2) is 13.2 Å². The molecule has 0 heterocycles. The molecule has 0 N–H and O–H groups in total. The van der Waals surface area contributed by atoms with Crippen molar-refractivity contribution in [2.75, 3.05) is 0 Å². The number of hydrogen-bond acceptors (Lipinski definition) is 4. The van der Waals surface area contributed by atoms with Gasteiger partial charge in [0.1, 0.15) is 10.9 Å². The average Bonchev–Trinajstić information content (AvgIpc) is 2.68. The fraction of sp³-hybridized carbons (Fsp3) is 0.240. The second kappa shape index (κ2) is 8.44. The van der Waals surface area contributed by atoms with Crippen molar-refractivity contribution in [2.24, 2.45) is 0 Å². The Labute approximate surface area is 178 Å². The zero-order valence-corrected chi connectivity index (χ0v) is 18.4. The highest BCUT2D eigenvalue weighted by atomic mass is 32.2. The zero-order valence-electron chi connectivity index (χ0n) is 17.6. The molecule has 1 atom stereocenters. The number of aryl methyl sites for hydroxylation is 1. The van der Waals surface area contributed by atoms with Gasteiger partial charge in [0.05, 0.1) is 10.5 Å². The summed E-state index contributed by atoms with van der Waals surface area (Å²) in [7, 11) is -3.70. The quantitative estimate of drug-likeness (QED) is 0.509. The third-order valence-corrected chi connectivity index (χ3v) is 6.70. The van der Waals surface area contributed by atoms with Crippen molar-refractivity contribution < 1.29 is 17.9 Å². The van der Waals surface area contributed by atoms with Crippen molar-refractivity contribution in [3.63, 3.8) is 0 Å². The average molecular weight is 423 g/mol. The van der Waals surface area contributed by atoms with Crippen LogP contribution >= 0.6 is 0 Å². The van der Waals surface area contributed by atoms with Crippen LogP contribution in [0.4, 0.5) is 0 Å². The van der Waals surface area contributed by atoms with E-state index in [0.717, 1.165) is 5.56 Å². The SMILES string of the molecule is Cc1ccc(S(=O)(=O)C(c2ccccc2)c2ccc(C(=O)OC(C)(C)C)cc2)cc1. The van der Waals surface area contributed by atoms with Crippen LogP contribution in [0.25, 0.3) is 0 Å². The highest BCUT2D eigenvalue weighted by Gasteiger charge is 2.31. The third-order valence-electron chi connectivity index (χ3n) is 4.61. The summed E-state index contributed by atoms with van der Waals surface area (Å²) in [5, 5.41) is -0.880. The maximum absolute atomic E-state index is 13.6. The smallest absolute Gasteiger partial charge is 0.338 e. The van der Waals surface area contributed by atoms with E-state index in [0.29, 0.717) is 16.7 Å². The maximum atomic E-state index is 13.6. The lowest BCUT2D eigenvalue weighted by atomic mass is 10.0. The van der Waals surface area contributed by atoms with Crippen LogP contribution in [0.15, 0.2) is 83.8 Å². The largest absolute Gasteiger partial charge is 0.456 e. The van der Waals surface area contributed by atoms with Crippen molar-refractivity contribution >= 4 is 15.8 Å². The van der Waals surface area contributed by atoms with Crippen LogP contribution in [0.3, 0.4) is 0 Å². The second-order valence-corrected chi connectivity index (χ2v) is 10.3. The van der Waals surface area contributed by atoms with E-state index in [-0.39, 0.29) is 4.90 Å². The van der Waals surface area contributed by atoms with E-state index in [9.17, 15) is 13.2 Å². The van der Waals surface area contributed by atoms with Crippen molar-refractivity contribution in [3.8, 4) is 0 Å². The summed E-state index contributed by atoms with van der Waals surface area (Å²) in [6.45, 7) is 7.33. The van der Waals surface area contributed by atoms with Gasteiger partial charge in [-0.2, -0.15) is 0 Å². The normalized spacial score (nSPS) is 12.9. The molecule has 0 amide bonds. The lowest BCUT2D eigenvalue weighted by Gasteiger charge is -2.21. The van der Waals surface area contributed by atoms with Crippen LogP contribution in [0.1, 0.15) is 53.1 Å². The number of carbonyl (C=O) groups excluding carboxylic acids is 1. The van der Waals surface area contributed by atoms with E-state index in [4.69, 9.17) is 4.74 Å². The molecule has 0 fully saturated rings. The molecule has 156 valence electrons. The van der Waals surface area contributed by atoms with Crippen molar-refractivity contribution in [1.29, 1.82) is 0 Å². The molecule has 0 radical (unpaired) electrons. The summed E-state index contributed by atoms with van der Waals surface area (Å²) >= 11 is 0. The fourth-order valence-electron chi connectivity index (χ4n) is 3.17. The molecule has 0 spiro atoms. The summed E-state index contributed by atoms with van der Waals surface area (Å²) in [5.74, 6) is -0.438. The van der Waals surface area contributed by atoms with E-state index in [1.54, 1.807) is 81.4 Å². The molecule has 0 saturated heterocycles. The maximum Gasteiger partial charge on any atom is 0.338 e. The molecular formula is C25H26O4S. The molecule has 30 heavy (non-hydrogen) atoms. The van der Waals surface area contributed by atoms with E-state index in [2.05, 4.69) is 0 Å². The molecule has 3 aromatic rings. The lowest BCUT2D eigenvalue weighted by Crippen LogP contribution is -2.24. The van der Waals surface area contributed by atoms with Crippen molar-refractivity contribution in [3.05, 3.63) is 101 Å². The highest BCUT2D eigenvalue weighted by Crippen LogP contribution is 2.35. The first-order chi connectivity index (χ1) is 14.1. The van der Waals surface area contributed by atoms with Crippen LogP contribution in [-0.2, 0) is 14.6 Å². The van der Waals surface area contributed by atoms with Gasteiger partial charge >= 0.3 is 5.97 Å². The Kier molecular flexibility index (Phi) is 6.13. The number of esters is 1. The summed E-state index contributed by atoms with van der Waals surface area (Å²) in [6.07, 6.45) is 0. The minimum absolute atomic E-state index is 0.262. The fourth-order valence-corrected chi connectivity index (χ4v) is 4.99. The van der Waals surface area contributed by atoms with Crippen LogP contribution in [0, 0.1) is 6.92 Å². The van der Waals surface area contributed by atoms with Crippen molar-refractivity contribution in [1.82, 2.24) is 0 Å².